The van der Waals surface area contributed by atoms with Crippen LogP contribution in [0, 0.1) is 34.5 Å². The fourth-order valence-corrected chi connectivity index (χ4v) is 9.37. The van der Waals surface area contributed by atoms with E-state index in [1.54, 1.807) is 13.0 Å². The average Bonchev–Trinajstić information content (AvgIpc) is 2.93. The molecule has 3 saturated carbocycles. The van der Waals surface area contributed by atoms with Gasteiger partial charge in [0.05, 0.1) is 12.5 Å². The standard InChI is InChI=1S/C24H37FO6S2/c1-7-16-15(2)14-18-19-21(31-33(6,28)29)20(30-32(5,26)27)17-10-8-9-11-23(17,4)24(19,25)13-12-22(16,18)3/h9-11,15-16,18-21H,7-8,12-14H2,1-6H3/t15-,16-,18-,19+,20-,21+,22+,23-,24+/m0/s1. The summed E-state index contributed by atoms with van der Waals surface area (Å²) in [5.41, 5.74) is -2.60. The monoisotopic (exact) mass is 504 g/mol. The molecule has 9 heteroatoms. The highest BCUT2D eigenvalue weighted by molar-refractivity contribution is 7.86. The second-order valence-electron chi connectivity index (χ2n) is 11.2. The van der Waals surface area contributed by atoms with Gasteiger partial charge < -0.3 is 0 Å². The molecule has 0 saturated heterocycles. The molecule has 33 heavy (non-hydrogen) atoms. The summed E-state index contributed by atoms with van der Waals surface area (Å²) < 4.78 is 78.1. The molecule has 0 aromatic carbocycles. The van der Waals surface area contributed by atoms with Crippen molar-refractivity contribution in [2.24, 2.45) is 34.5 Å². The van der Waals surface area contributed by atoms with Gasteiger partial charge in [0.2, 0.25) is 0 Å². The van der Waals surface area contributed by atoms with Crippen LogP contribution in [0.2, 0.25) is 0 Å². The normalized spacial score (nSPS) is 47.4. The number of hydrogen-bond donors (Lipinski definition) is 0. The minimum absolute atomic E-state index is 0.151. The topological polar surface area (TPSA) is 86.7 Å². The molecule has 0 unspecified atom stereocenters. The molecule has 4 aliphatic rings. The van der Waals surface area contributed by atoms with E-state index >= 15 is 4.39 Å². The van der Waals surface area contributed by atoms with Crippen LogP contribution in [0.25, 0.3) is 0 Å². The maximum Gasteiger partial charge on any atom is 0.265 e. The van der Waals surface area contributed by atoms with Crippen LogP contribution in [0.4, 0.5) is 4.39 Å². The second kappa shape index (κ2) is 7.87. The van der Waals surface area contributed by atoms with Gasteiger partial charge in [-0.3, -0.25) is 8.37 Å². The first kappa shape index (κ1) is 25.3. The van der Waals surface area contributed by atoms with Crippen LogP contribution in [-0.4, -0.2) is 47.2 Å². The molecule has 0 aromatic heterocycles. The second-order valence-corrected chi connectivity index (χ2v) is 14.4. The van der Waals surface area contributed by atoms with Crippen molar-refractivity contribution in [2.45, 2.75) is 77.7 Å². The SMILES string of the molecule is CC[C@H]1[C@@H](C)C[C@H]2[C@@H]3[C@@H](OS(C)(=O)=O)[C@@H](OS(C)(=O)=O)C4=CCC=C[C@]4(C)[C@@]3(F)CC[C@@]21C. The van der Waals surface area contributed by atoms with E-state index in [0.29, 0.717) is 30.3 Å². The molecular formula is C24H37FO6S2. The van der Waals surface area contributed by atoms with Crippen molar-refractivity contribution >= 4 is 20.2 Å². The van der Waals surface area contributed by atoms with Crippen molar-refractivity contribution in [3.8, 4) is 0 Å². The lowest BCUT2D eigenvalue weighted by atomic mass is 9.45. The third-order valence-electron chi connectivity index (χ3n) is 9.35. The Bertz CT molecular complexity index is 1080. The summed E-state index contributed by atoms with van der Waals surface area (Å²) in [5.74, 6) is -0.233. The van der Waals surface area contributed by atoms with Gasteiger partial charge in [-0.2, -0.15) is 16.8 Å². The van der Waals surface area contributed by atoms with Crippen molar-refractivity contribution in [2.75, 3.05) is 12.5 Å². The number of allylic oxidation sites excluding steroid dienone is 3. The highest BCUT2D eigenvalue weighted by Gasteiger charge is 2.72. The Balaban J connectivity index is 1.95. The van der Waals surface area contributed by atoms with Gasteiger partial charge >= 0.3 is 0 Å². The van der Waals surface area contributed by atoms with Crippen LogP contribution in [0.15, 0.2) is 23.8 Å². The lowest BCUT2D eigenvalue weighted by molar-refractivity contribution is -0.182. The molecule has 0 spiro atoms. The molecule has 3 fully saturated rings. The largest absolute Gasteiger partial charge is 0.265 e. The first-order chi connectivity index (χ1) is 15.1. The molecular weight excluding hydrogens is 467 g/mol. The summed E-state index contributed by atoms with van der Waals surface area (Å²) >= 11 is 0. The van der Waals surface area contributed by atoms with Crippen LogP contribution < -0.4 is 0 Å². The fourth-order valence-electron chi connectivity index (χ4n) is 8.16. The summed E-state index contributed by atoms with van der Waals surface area (Å²) in [6, 6.07) is 0. The summed E-state index contributed by atoms with van der Waals surface area (Å²) in [5, 5.41) is 0. The summed E-state index contributed by atoms with van der Waals surface area (Å²) in [7, 11) is -7.99. The third kappa shape index (κ3) is 3.85. The Morgan fingerprint density at radius 1 is 1.09 bits per heavy atom. The molecule has 0 amide bonds. The number of fused-ring (bicyclic) bond motifs is 5. The van der Waals surface area contributed by atoms with Crippen molar-refractivity contribution < 1.29 is 29.6 Å². The van der Waals surface area contributed by atoms with Crippen molar-refractivity contribution in [1.29, 1.82) is 0 Å². The number of alkyl halides is 1. The van der Waals surface area contributed by atoms with Crippen molar-refractivity contribution in [3.63, 3.8) is 0 Å². The van der Waals surface area contributed by atoms with E-state index < -0.39 is 49.4 Å². The summed E-state index contributed by atoms with van der Waals surface area (Å²) in [6.45, 7) is 8.34. The average molecular weight is 505 g/mol. The molecule has 9 atom stereocenters. The van der Waals surface area contributed by atoms with Gasteiger partial charge in [-0.15, -0.1) is 0 Å². The van der Waals surface area contributed by atoms with Gasteiger partial charge in [0.15, 0.2) is 0 Å². The highest BCUT2D eigenvalue weighted by atomic mass is 32.2. The number of hydrogen-bond acceptors (Lipinski definition) is 6. The van der Waals surface area contributed by atoms with Gasteiger partial charge in [0, 0.05) is 11.3 Å². The summed E-state index contributed by atoms with van der Waals surface area (Å²) in [6.07, 6.45) is 8.12. The third-order valence-corrected chi connectivity index (χ3v) is 10.5. The zero-order chi connectivity index (χ0) is 24.6. The van der Waals surface area contributed by atoms with E-state index in [0.717, 1.165) is 25.4 Å². The molecule has 0 bridgehead atoms. The molecule has 4 aliphatic carbocycles. The van der Waals surface area contributed by atoms with E-state index in [-0.39, 0.29) is 17.8 Å². The molecule has 0 aliphatic heterocycles. The highest BCUT2D eigenvalue weighted by Crippen LogP contribution is 2.70. The minimum Gasteiger partial charge on any atom is -0.263 e. The van der Waals surface area contributed by atoms with Gasteiger partial charge in [-0.05, 0) is 61.3 Å². The van der Waals surface area contributed by atoms with E-state index in [4.69, 9.17) is 8.37 Å². The Morgan fingerprint density at radius 2 is 1.73 bits per heavy atom. The molecule has 0 heterocycles. The van der Waals surface area contributed by atoms with Crippen LogP contribution in [0.1, 0.15) is 59.8 Å². The fraction of sp³-hybridized carbons (Fsp3) is 0.833. The lowest BCUT2D eigenvalue weighted by Gasteiger charge is -2.63. The van der Waals surface area contributed by atoms with Crippen molar-refractivity contribution in [1.82, 2.24) is 0 Å². The number of rotatable bonds is 5. The zero-order valence-corrected chi connectivity index (χ0v) is 22.0. The van der Waals surface area contributed by atoms with Crippen molar-refractivity contribution in [3.05, 3.63) is 23.8 Å². The Labute approximate surface area is 198 Å². The van der Waals surface area contributed by atoms with E-state index in [2.05, 4.69) is 20.8 Å². The van der Waals surface area contributed by atoms with E-state index in [9.17, 15) is 16.8 Å². The maximum atomic E-state index is 17.6. The van der Waals surface area contributed by atoms with Crippen LogP contribution in [0.3, 0.4) is 0 Å². The Kier molecular flexibility index (Phi) is 6.04. The maximum absolute atomic E-state index is 17.6. The molecule has 0 N–H and O–H groups in total. The molecule has 4 rings (SSSR count). The molecule has 6 nitrogen and oxygen atoms in total. The van der Waals surface area contributed by atoms with E-state index in [1.165, 1.54) is 0 Å². The first-order valence-corrected chi connectivity index (χ1v) is 15.5. The lowest BCUT2D eigenvalue weighted by Crippen LogP contribution is -2.68. The van der Waals surface area contributed by atoms with Gasteiger partial charge in [0.25, 0.3) is 20.2 Å². The molecule has 188 valence electrons. The van der Waals surface area contributed by atoms with Gasteiger partial charge in [0.1, 0.15) is 17.9 Å². The zero-order valence-electron chi connectivity index (χ0n) is 20.4. The van der Waals surface area contributed by atoms with Crippen LogP contribution in [-0.2, 0) is 28.6 Å². The predicted octanol–water partition coefficient (Wildman–Crippen LogP) is 4.39. The Hall–Kier alpha value is -0.770. The smallest absolute Gasteiger partial charge is 0.263 e. The predicted molar refractivity (Wildman–Crippen MR) is 125 cm³/mol. The van der Waals surface area contributed by atoms with E-state index in [1.807, 2.05) is 12.2 Å². The summed E-state index contributed by atoms with van der Waals surface area (Å²) in [4.78, 5) is 0. The number of halogens is 1. The van der Waals surface area contributed by atoms with Crippen LogP contribution >= 0.6 is 0 Å². The quantitative estimate of drug-likeness (QED) is 0.408. The first-order valence-electron chi connectivity index (χ1n) is 11.9. The molecule has 0 radical (unpaired) electrons. The van der Waals surface area contributed by atoms with Gasteiger partial charge in [-0.25, -0.2) is 4.39 Å². The van der Waals surface area contributed by atoms with Crippen LogP contribution in [0.5, 0.6) is 0 Å². The minimum atomic E-state index is -4.02. The molecule has 0 aromatic rings. The Morgan fingerprint density at radius 3 is 2.30 bits per heavy atom. The van der Waals surface area contributed by atoms with Gasteiger partial charge in [-0.1, -0.05) is 45.4 Å².